The third kappa shape index (κ3) is 3.91. The molecular formula is C24H26N4O2. The van der Waals surface area contributed by atoms with Gasteiger partial charge in [0.25, 0.3) is 0 Å². The van der Waals surface area contributed by atoms with Crippen molar-refractivity contribution in [3.8, 4) is 22.6 Å². The molecule has 0 amide bonds. The van der Waals surface area contributed by atoms with Gasteiger partial charge in [0, 0.05) is 24.3 Å². The molecule has 1 aliphatic rings. The van der Waals surface area contributed by atoms with Crippen LogP contribution in [-0.4, -0.2) is 40.1 Å². The van der Waals surface area contributed by atoms with E-state index >= 15 is 0 Å². The topological polar surface area (TPSA) is 79.9 Å². The number of rotatable bonds is 7. The normalized spacial score (nSPS) is 13.7. The van der Waals surface area contributed by atoms with Crippen molar-refractivity contribution >= 4 is 12.0 Å². The number of carbonyl (C=O) groups is 1. The first kappa shape index (κ1) is 20.0. The molecule has 0 radical (unpaired) electrons. The fourth-order valence-corrected chi connectivity index (χ4v) is 3.68. The van der Waals surface area contributed by atoms with Crippen LogP contribution in [0.25, 0.3) is 28.7 Å². The predicted octanol–water partition coefficient (Wildman–Crippen LogP) is 4.17. The molecule has 0 atom stereocenters. The molecule has 3 heterocycles. The minimum Gasteiger partial charge on any atom is -0.456 e. The Kier molecular flexibility index (Phi) is 5.77. The number of carbonyl (C=O) groups excluding carboxylic acids is 1. The van der Waals surface area contributed by atoms with E-state index in [1.807, 2.05) is 37.3 Å². The average molecular weight is 402 g/mol. The molecule has 1 fully saturated rings. The van der Waals surface area contributed by atoms with Crippen LogP contribution in [0.5, 0.6) is 0 Å². The number of pyridine rings is 1. The Morgan fingerprint density at radius 2 is 2.17 bits per heavy atom. The number of nitrogens with zero attached hydrogens (tertiary/aromatic N) is 2. The lowest BCUT2D eigenvalue weighted by molar-refractivity contribution is 0.0168. The van der Waals surface area contributed by atoms with Gasteiger partial charge in [0.05, 0.1) is 29.0 Å². The summed E-state index contributed by atoms with van der Waals surface area (Å²) in [7, 11) is 0. The molecule has 0 saturated carbocycles. The Hall–Kier alpha value is -3.25. The summed E-state index contributed by atoms with van der Waals surface area (Å²) in [5, 5.41) is 3.13. The van der Waals surface area contributed by atoms with Gasteiger partial charge in [0.2, 0.25) is 0 Å². The molecule has 2 N–H and O–H groups in total. The molecule has 1 saturated heterocycles. The number of aromatic nitrogens is 3. The van der Waals surface area contributed by atoms with Crippen molar-refractivity contribution in [1.82, 2.24) is 20.3 Å². The highest BCUT2D eigenvalue weighted by Gasteiger charge is 2.25. The Bertz CT molecular complexity index is 1080. The van der Waals surface area contributed by atoms with Crippen LogP contribution in [0.2, 0.25) is 0 Å². The monoisotopic (exact) mass is 402 g/mol. The summed E-state index contributed by atoms with van der Waals surface area (Å²) in [5.74, 6) is -0.291. The molecule has 2 aromatic heterocycles. The Morgan fingerprint density at radius 3 is 2.83 bits per heavy atom. The largest absolute Gasteiger partial charge is 0.456 e. The third-order valence-corrected chi connectivity index (χ3v) is 5.30. The molecule has 30 heavy (non-hydrogen) atoms. The van der Waals surface area contributed by atoms with Crippen molar-refractivity contribution in [3.05, 3.63) is 65.6 Å². The van der Waals surface area contributed by atoms with Crippen molar-refractivity contribution in [2.75, 3.05) is 13.1 Å². The lowest BCUT2D eigenvalue weighted by Gasteiger charge is -2.27. The van der Waals surface area contributed by atoms with E-state index in [4.69, 9.17) is 4.74 Å². The lowest BCUT2D eigenvalue weighted by atomic mass is 9.92. The van der Waals surface area contributed by atoms with Gasteiger partial charge in [-0.05, 0) is 48.7 Å². The number of benzene rings is 1. The zero-order valence-corrected chi connectivity index (χ0v) is 17.4. The highest BCUT2D eigenvalue weighted by molar-refractivity contribution is 5.95. The number of esters is 1. The average Bonchev–Trinajstić information content (AvgIpc) is 3.20. The highest BCUT2D eigenvalue weighted by atomic mass is 16.5. The molecule has 0 unspecified atom stereocenters. The molecule has 0 spiro atoms. The van der Waals surface area contributed by atoms with Crippen molar-refractivity contribution in [1.29, 1.82) is 0 Å². The Balaban J connectivity index is 1.81. The predicted molar refractivity (Wildman–Crippen MR) is 118 cm³/mol. The summed E-state index contributed by atoms with van der Waals surface area (Å²) >= 11 is 0. The minimum absolute atomic E-state index is 0.0692. The first-order chi connectivity index (χ1) is 14.6. The van der Waals surface area contributed by atoms with E-state index in [0.717, 1.165) is 52.3 Å². The maximum atomic E-state index is 13.0. The van der Waals surface area contributed by atoms with Crippen LogP contribution in [0.3, 0.4) is 0 Å². The summed E-state index contributed by atoms with van der Waals surface area (Å²) in [6.45, 7) is 9.43. The van der Waals surface area contributed by atoms with Crippen LogP contribution in [-0.2, 0) is 11.2 Å². The maximum Gasteiger partial charge on any atom is 0.338 e. The first-order valence-corrected chi connectivity index (χ1v) is 10.3. The summed E-state index contributed by atoms with van der Waals surface area (Å²) in [6.07, 6.45) is 5.09. The second kappa shape index (κ2) is 8.63. The Morgan fingerprint density at radius 1 is 1.33 bits per heavy atom. The molecule has 154 valence electrons. The van der Waals surface area contributed by atoms with Gasteiger partial charge in [0.15, 0.2) is 0 Å². The van der Waals surface area contributed by atoms with Crippen LogP contribution >= 0.6 is 0 Å². The van der Waals surface area contributed by atoms with Gasteiger partial charge in [-0.2, -0.15) is 0 Å². The maximum absolute atomic E-state index is 13.0. The molecule has 0 aliphatic carbocycles. The van der Waals surface area contributed by atoms with E-state index in [2.05, 4.69) is 33.8 Å². The fourth-order valence-electron chi connectivity index (χ4n) is 3.68. The van der Waals surface area contributed by atoms with Gasteiger partial charge in [-0.3, -0.25) is 4.98 Å². The van der Waals surface area contributed by atoms with Crippen LogP contribution in [0, 0.1) is 6.92 Å². The number of hydrogen-bond acceptors (Lipinski definition) is 5. The molecule has 3 aromatic rings. The van der Waals surface area contributed by atoms with Gasteiger partial charge >= 0.3 is 5.97 Å². The number of aryl methyl sites for hydroxylation is 1. The van der Waals surface area contributed by atoms with E-state index < -0.39 is 0 Å². The van der Waals surface area contributed by atoms with Crippen molar-refractivity contribution in [3.63, 3.8) is 0 Å². The number of aromatic amines is 1. The SMILES string of the molecule is C=Cc1cc(-c2nc[nH]c2-c2cccc(C)n2)cc(C(=O)OC2CNC2)c1CCC. The lowest BCUT2D eigenvalue weighted by Crippen LogP contribution is -2.49. The standard InChI is InChI=1S/C24H26N4O2/c1-4-7-19-16(5-2)10-17(11-20(19)24(29)30-18-12-25-13-18)22-23(27-14-26-22)21-9-6-8-15(3)28-21/h5-6,8-11,14,18,25H,2,4,7,12-13H2,1,3H3,(H,26,27). The van der Waals surface area contributed by atoms with Crippen molar-refractivity contribution in [2.24, 2.45) is 0 Å². The van der Waals surface area contributed by atoms with Gasteiger partial charge < -0.3 is 15.0 Å². The summed E-state index contributed by atoms with van der Waals surface area (Å²) in [5.41, 5.74) is 6.63. The third-order valence-electron chi connectivity index (χ3n) is 5.30. The van der Waals surface area contributed by atoms with Crippen LogP contribution < -0.4 is 5.32 Å². The van der Waals surface area contributed by atoms with Gasteiger partial charge in [-0.1, -0.05) is 32.1 Å². The quantitative estimate of drug-likeness (QED) is 0.580. The molecule has 6 heteroatoms. The zero-order chi connectivity index (χ0) is 21.1. The number of imidazole rings is 1. The summed E-state index contributed by atoms with van der Waals surface area (Å²) in [4.78, 5) is 25.4. The molecule has 1 aliphatic heterocycles. The van der Waals surface area contributed by atoms with Gasteiger partial charge in [0.1, 0.15) is 6.10 Å². The highest BCUT2D eigenvalue weighted by Crippen LogP contribution is 2.32. The summed E-state index contributed by atoms with van der Waals surface area (Å²) < 4.78 is 5.69. The van der Waals surface area contributed by atoms with E-state index in [9.17, 15) is 4.79 Å². The first-order valence-electron chi connectivity index (χ1n) is 10.3. The van der Waals surface area contributed by atoms with E-state index in [1.54, 1.807) is 12.4 Å². The molecule has 1 aromatic carbocycles. The van der Waals surface area contributed by atoms with E-state index in [0.29, 0.717) is 18.7 Å². The molecule has 4 rings (SSSR count). The second-order valence-electron chi connectivity index (χ2n) is 7.52. The van der Waals surface area contributed by atoms with Crippen LogP contribution in [0.1, 0.15) is 40.5 Å². The van der Waals surface area contributed by atoms with E-state index in [1.165, 1.54) is 0 Å². The molecular weight excluding hydrogens is 376 g/mol. The number of ether oxygens (including phenoxy) is 1. The van der Waals surface area contributed by atoms with Gasteiger partial charge in [-0.25, -0.2) is 9.78 Å². The number of hydrogen-bond donors (Lipinski definition) is 2. The molecule has 6 nitrogen and oxygen atoms in total. The minimum atomic E-state index is -0.291. The molecule has 0 bridgehead atoms. The summed E-state index contributed by atoms with van der Waals surface area (Å²) in [6, 6.07) is 9.80. The zero-order valence-electron chi connectivity index (χ0n) is 17.4. The van der Waals surface area contributed by atoms with Crippen LogP contribution in [0.4, 0.5) is 0 Å². The second-order valence-corrected chi connectivity index (χ2v) is 7.52. The number of nitrogens with one attached hydrogen (secondary N) is 2. The Labute approximate surface area is 176 Å². The van der Waals surface area contributed by atoms with Crippen LogP contribution in [0.15, 0.2) is 43.2 Å². The van der Waals surface area contributed by atoms with Crippen molar-refractivity contribution < 1.29 is 9.53 Å². The smallest absolute Gasteiger partial charge is 0.338 e. The van der Waals surface area contributed by atoms with Gasteiger partial charge in [-0.15, -0.1) is 0 Å². The number of H-pyrrole nitrogens is 1. The van der Waals surface area contributed by atoms with E-state index in [-0.39, 0.29) is 12.1 Å². The fraction of sp³-hybridized carbons (Fsp3) is 0.292. The van der Waals surface area contributed by atoms with Crippen molar-refractivity contribution in [2.45, 2.75) is 32.8 Å².